The zero-order chi connectivity index (χ0) is 14.2. The monoisotopic (exact) mass is 287 g/mol. The van der Waals surface area contributed by atoms with Crippen LogP contribution in [-0.4, -0.2) is 18.0 Å². The number of halogens is 1. The minimum atomic E-state index is 0.296. The van der Waals surface area contributed by atoms with Crippen molar-refractivity contribution in [2.24, 2.45) is 0 Å². The zero-order valence-electron chi connectivity index (χ0n) is 11.1. The van der Waals surface area contributed by atoms with Crippen LogP contribution >= 0.6 is 11.6 Å². The van der Waals surface area contributed by atoms with Crippen LogP contribution < -0.4 is 9.47 Å². The average Bonchev–Trinajstić information content (AvgIpc) is 2.52. The number of nitrogens with zero attached hydrogens (tertiary/aromatic N) is 1. The van der Waals surface area contributed by atoms with E-state index in [1.807, 2.05) is 36.4 Å². The summed E-state index contributed by atoms with van der Waals surface area (Å²) >= 11 is 5.58. The minimum absolute atomic E-state index is 0.296. The molecule has 0 saturated heterocycles. The Bertz CT molecular complexity index is 632. The van der Waals surface area contributed by atoms with Gasteiger partial charge in [-0.1, -0.05) is 24.0 Å². The van der Waals surface area contributed by atoms with Crippen molar-refractivity contribution in [3.8, 4) is 23.5 Å². The predicted octanol–water partition coefficient (Wildman–Crippen LogP) is 3.26. The third-order valence-electron chi connectivity index (χ3n) is 2.60. The van der Waals surface area contributed by atoms with Crippen LogP contribution in [0.3, 0.4) is 0 Å². The summed E-state index contributed by atoms with van der Waals surface area (Å²) < 4.78 is 11.0. The van der Waals surface area contributed by atoms with Crippen molar-refractivity contribution >= 4 is 11.6 Å². The molecule has 0 N–H and O–H groups in total. The zero-order valence-corrected chi connectivity index (χ0v) is 11.9. The van der Waals surface area contributed by atoms with Gasteiger partial charge in [0.2, 0.25) is 5.88 Å². The smallest absolute Gasteiger partial charge is 0.219 e. The minimum Gasteiger partial charge on any atom is -0.487 e. The second-order valence-electron chi connectivity index (χ2n) is 3.89. The van der Waals surface area contributed by atoms with Gasteiger partial charge in [-0.2, -0.15) is 0 Å². The number of rotatable bonds is 4. The summed E-state index contributed by atoms with van der Waals surface area (Å²) in [6.45, 7) is 0.372. The van der Waals surface area contributed by atoms with E-state index >= 15 is 0 Å². The number of methoxy groups -OCH3 is 1. The van der Waals surface area contributed by atoms with Crippen molar-refractivity contribution in [1.29, 1.82) is 0 Å². The summed E-state index contributed by atoms with van der Waals surface area (Å²) in [7, 11) is 1.59. The lowest BCUT2D eigenvalue weighted by atomic mass is 10.2. The summed E-state index contributed by atoms with van der Waals surface area (Å²) in [6, 6.07) is 11.4. The van der Waals surface area contributed by atoms with Gasteiger partial charge >= 0.3 is 0 Å². The Morgan fingerprint density at radius 2 is 2.05 bits per heavy atom. The Morgan fingerprint density at radius 1 is 1.20 bits per heavy atom. The van der Waals surface area contributed by atoms with E-state index in [1.165, 1.54) is 0 Å². The number of pyridine rings is 1. The normalized spacial score (nSPS) is 9.50. The maximum atomic E-state index is 5.80. The van der Waals surface area contributed by atoms with Crippen LogP contribution in [0.25, 0.3) is 0 Å². The fraction of sp³-hybridized carbons (Fsp3) is 0.188. The van der Waals surface area contributed by atoms with Crippen LogP contribution in [0.4, 0.5) is 0 Å². The number of ether oxygens (including phenoxy) is 2. The molecule has 3 nitrogen and oxygen atoms in total. The molecule has 1 heterocycles. The topological polar surface area (TPSA) is 31.4 Å². The summed E-state index contributed by atoms with van der Waals surface area (Å²) in [5.41, 5.74) is 1.70. The van der Waals surface area contributed by atoms with Gasteiger partial charge in [-0.05, 0) is 24.3 Å². The largest absolute Gasteiger partial charge is 0.487 e. The van der Waals surface area contributed by atoms with E-state index in [4.69, 9.17) is 21.1 Å². The Morgan fingerprint density at radius 3 is 2.85 bits per heavy atom. The Balaban J connectivity index is 2.15. The number of benzene rings is 1. The first-order valence-electron chi connectivity index (χ1n) is 6.09. The molecule has 20 heavy (non-hydrogen) atoms. The lowest BCUT2D eigenvalue weighted by molar-refractivity contribution is 0.293. The molecule has 0 saturated carbocycles. The molecule has 4 heteroatoms. The molecule has 0 unspecified atom stereocenters. The fourth-order valence-corrected chi connectivity index (χ4v) is 1.76. The van der Waals surface area contributed by atoms with Crippen LogP contribution in [0, 0.1) is 11.8 Å². The fourth-order valence-electron chi connectivity index (χ4n) is 1.70. The van der Waals surface area contributed by atoms with Gasteiger partial charge in [-0.25, -0.2) is 4.98 Å². The number of hydrogen-bond donors (Lipinski definition) is 0. The molecule has 0 aliphatic heterocycles. The van der Waals surface area contributed by atoms with E-state index in [-0.39, 0.29) is 0 Å². The molecule has 0 aliphatic carbocycles. The van der Waals surface area contributed by atoms with E-state index < -0.39 is 0 Å². The van der Waals surface area contributed by atoms with Gasteiger partial charge in [-0.15, -0.1) is 11.6 Å². The molecule has 0 fully saturated rings. The molecule has 102 valence electrons. The van der Waals surface area contributed by atoms with Crippen LogP contribution in [0.5, 0.6) is 11.6 Å². The van der Waals surface area contributed by atoms with Crippen molar-refractivity contribution < 1.29 is 9.47 Å². The van der Waals surface area contributed by atoms with Crippen molar-refractivity contribution in [2.45, 2.75) is 6.61 Å². The first-order valence-corrected chi connectivity index (χ1v) is 6.63. The maximum Gasteiger partial charge on any atom is 0.219 e. The van der Waals surface area contributed by atoms with Crippen molar-refractivity contribution in [2.75, 3.05) is 13.0 Å². The first-order chi connectivity index (χ1) is 9.85. The molecule has 2 aromatic rings. The number of para-hydroxylation sites is 1. The maximum absolute atomic E-state index is 5.80. The first kappa shape index (κ1) is 14.2. The SMILES string of the molecule is COc1ncccc1COc1ccccc1C#CCCl. The van der Waals surface area contributed by atoms with Gasteiger partial charge in [0, 0.05) is 6.20 Å². The molecule has 0 bridgehead atoms. The third kappa shape index (κ3) is 3.66. The van der Waals surface area contributed by atoms with Gasteiger partial charge in [0.25, 0.3) is 0 Å². The quantitative estimate of drug-likeness (QED) is 0.639. The molecule has 1 aromatic carbocycles. The highest BCUT2D eigenvalue weighted by Gasteiger charge is 2.06. The third-order valence-corrected chi connectivity index (χ3v) is 2.74. The molecular weight excluding hydrogens is 274 g/mol. The van der Waals surface area contributed by atoms with Gasteiger partial charge in [-0.3, -0.25) is 0 Å². The second kappa shape index (κ2) is 7.42. The molecule has 0 aliphatic rings. The van der Waals surface area contributed by atoms with Gasteiger partial charge < -0.3 is 9.47 Å². The number of alkyl halides is 1. The second-order valence-corrected chi connectivity index (χ2v) is 4.16. The van der Waals surface area contributed by atoms with Crippen LogP contribution in [-0.2, 0) is 6.61 Å². The summed E-state index contributed by atoms with van der Waals surface area (Å²) in [6.07, 6.45) is 1.68. The van der Waals surface area contributed by atoms with Gasteiger partial charge in [0.15, 0.2) is 0 Å². The van der Waals surface area contributed by atoms with Gasteiger partial charge in [0.05, 0.1) is 24.1 Å². The molecule has 0 spiro atoms. The van der Waals surface area contributed by atoms with Crippen LogP contribution in [0.2, 0.25) is 0 Å². The molecule has 0 amide bonds. The lowest BCUT2D eigenvalue weighted by Crippen LogP contribution is -2.01. The molecule has 0 radical (unpaired) electrons. The van der Waals surface area contributed by atoms with Gasteiger partial charge in [0.1, 0.15) is 12.4 Å². The average molecular weight is 288 g/mol. The Labute approximate surface area is 123 Å². The van der Waals surface area contributed by atoms with Crippen molar-refractivity contribution in [3.05, 3.63) is 53.7 Å². The summed E-state index contributed by atoms with van der Waals surface area (Å²) in [4.78, 5) is 4.13. The molecule has 0 atom stereocenters. The van der Waals surface area contributed by atoms with E-state index in [2.05, 4.69) is 16.8 Å². The van der Waals surface area contributed by atoms with E-state index in [9.17, 15) is 0 Å². The highest BCUT2D eigenvalue weighted by molar-refractivity contribution is 6.19. The molecule has 2 rings (SSSR count). The van der Waals surface area contributed by atoms with Crippen LogP contribution in [0.1, 0.15) is 11.1 Å². The Hall–Kier alpha value is -2.18. The van der Waals surface area contributed by atoms with E-state index in [0.29, 0.717) is 18.4 Å². The summed E-state index contributed by atoms with van der Waals surface area (Å²) in [5.74, 6) is 7.38. The van der Waals surface area contributed by atoms with E-state index in [0.717, 1.165) is 16.9 Å². The van der Waals surface area contributed by atoms with Crippen LogP contribution in [0.15, 0.2) is 42.6 Å². The van der Waals surface area contributed by atoms with Crippen molar-refractivity contribution in [1.82, 2.24) is 4.98 Å². The molecular formula is C16H14ClNO2. The number of aromatic nitrogens is 1. The van der Waals surface area contributed by atoms with Crippen molar-refractivity contribution in [3.63, 3.8) is 0 Å². The molecule has 1 aromatic heterocycles. The predicted molar refractivity (Wildman–Crippen MR) is 79.2 cm³/mol. The standard InChI is InChI=1S/C16H14ClNO2/c1-19-16-14(8-5-11-18-16)12-20-15-9-3-2-6-13(15)7-4-10-17/h2-3,5-6,8-9,11H,10,12H2,1H3. The Kier molecular flexibility index (Phi) is 5.28. The van der Waals surface area contributed by atoms with E-state index in [1.54, 1.807) is 13.3 Å². The highest BCUT2D eigenvalue weighted by Crippen LogP contribution is 2.21. The lowest BCUT2D eigenvalue weighted by Gasteiger charge is -2.10. The number of hydrogen-bond acceptors (Lipinski definition) is 3. The summed E-state index contributed by atoms with van der Waals surface area (Å²) in [5, 5.41) is 0. The highest BCUT2D eigenvalue weighted by atomic mass is 35.5.